The highest BCUT2D eigenvalue weighted by atomic mass is 79.9. The Labute approximate surface area is 271 Å². The van der Waals surface area contributed by atoms with Gasteiger partial charge in [-0.25, -0.2) is 16.8 Å². The van der Waals surface area contributed by atoms with Gasteiger partial charge < -0.3 is 18.7 Å². The fraction of sp³-hybridized carbons (Fsp3) is 0.276. The molecule has 2 aromatic carbocycles. The first kappa shape index (κ1) is 32.0. The zero-order valence-corrected chi connectivity index (χ0v) is 28.3. The van der Waals surface area contributed by atoms with E-state index in [9.17, 15) is 25.9 Å². The van der Waals surface area contributed by atoms with Crippen molar-refractivity contribution in [2.24, 2.45) is 0 Å². The molecule has 14 heteroatoms. The third-order valence-electron chi connectivity index (χ3n) is 6.81. The molecule has 5 rings (SSSR count). The summed E-state index contributed by atoms with van der Waals surface area (Å²) in [5.74, 6) is 0.323. The lowest BCUT2D eigenvalue weighted by Gasteiger charge is -2.18. The molecular weight excluding hydrogens is 744 g/mol. The van der Waals surface area contributed by atoms with E-state index in [4.69, 9.17) is 4.74 Å². The van der Waals surface area contributed by atoms with E-state index in [0.717, 1.165) is 41.0 Å². The summed E-state index contributed by atoms with van der Waals surface area (Å²) < 4.78 is 78.2. The van der Waals surface area contributed by atoms with Crippen LogP contribution in [-0.2, 0) is 26.8 Å². The molecule has 1 aromatic heterocycles. The number of halogens is 2. The molecule has 2 aliphatic rings. The second kappa shape index (κ2) is 13.3. The molecule has 2 heterocycles. The molecule has 0 N–H and O–H groups in total. The fourth-order valence-corrected chi connectivity index (χ4v) is 7.61. The van der Waals surface area contributed by atoms with Crippen LogP contribution in [0.5, 0.6) is 5.75 Å². The zero-order chi connectivity index (χ0) is 30.8. The first-order valence-corrected chi connectivity index (χ1v) is 18.9. The van der Waals surface area contributed by atoms with Crippen molar-refractivity contribution in [2.75, 3.05) is 23.0 Å². The van der Waals surface area contributed by atoms with Gasteiger partial charge in [-0.2, -0.15) is 4.57 Å². The van der Waals surface area contributed by atoms with Crippen molar-refractivity contribution in [3.63, 3.8) is 0 Å². The van der Waals surface area contributed by atoms with Crippen molar-refractivity contribution < 1.29 is 35.2 Å². The molecule has 0 bridgehead atoms. The summed E-state index contributed by atoms with van der Waals surface area (Å²) in [4.78, 5) is 1.98. The van der Waals surface area contributed by atoms with Crippen LogP contribution in [0.4, 0.5) is 5.69 Å². The van der Waals surface area contributed by atoms with Crippen LogP contribution in [0.15, 0.2) is 69.5 Å². The summed E-state index contributed by atoms with van der Waals surface area (Å²) in [7, 11) is -8.61. The van der Waals surface area contributed by atoms with Crippen molar-refractivity contribution in [3.05, 3.63) is 86.1 Å². The van der Waals surface area contributed by atoms with Crippen LogP contribution in [0.25, 0.3) is 21.9 Å². The van der Waals surface area contributed by atoms with Crippen molar-refractivity contribution >= 4 is 91.0 Å². The van der Waals surface area contributed by atoms with Crippen LogP contribution in [0.1, 0.15) is 36.3 Å². The molecule has 0 fully saturated rings. The van der Waals surface area contributed by atoms with Gasteiger partial charge in [-0.3, -0.25) is 0 Å². The van der Waals surface area contributed by atoms with Crippen LogP contribution in [0.3, 0.4) is 0 Å². The average molecular weight is 771 g/mol. The monoisotopic (exact) mass is 768 g/mol. The number of rotatable bonds is 12. The maximum absolute atomic E-state index is 11.2. The summed E-state index contributed by atoms with van der Waals surface area (Å²) >= 11 is 8.52. The summed E-state index contributed by atoms with van der Waals surface area (Å²) in [5.41, 5.74) is 3.58. The van der Waals surface area contributed by atoms with Crippen LogP contribution < -0.4 is 14.2 Å². The predicted molar refractivity (Wildman–Crippen MR) is 173 cm³/mol. The topological polar surface area (TPSA) is 131 Å². The maximum atomic E-state index is 11.2. The van der Waals surface area contributed by atoms with Gasteiger partial charge in [0.2, 0.25) is 11.4 Å². The third-order valence-corrected chi connectivity index (χ3v) is 10.5. The standard InChI is InChI=1S/C29H26Br2N2O7S3/c30-22-8-5-20(6-9-22)21-7-11-26-24(17-21)32(13-1-3-15-42(34,35)36)28(40-26)19-29-33(14-2-4-16-43(37,38)39)25-18-23(31)10-12-27(25)41-29/h5,7-12,17-19H,1-4,13-16H2. The van der Waals surface area contributed by atoms with Crippen LogP contribution >= 0.6 is 43.2 Å². The number of aromatic nitrogens is 1. The summed E-state index contributed by atoms with van der Waals surface area (Å²) in [6, 6.07) is 11.8. The molecule has 0 radical (unpaired) electrons. The molecule has 1 aliphatic carbocycles. The Balaban J connectivity index is 1.50. The molecular formula is C29H26Br2N2O7S3. The van der Waals surface area contributed by atoms with Crippen LogP contribution in [-0.4, -0.2) is 44.0 Å². The maximum Gasteiger partial charge on any atom is 0.268 e. The van der Waals surface area contributed by atoms with E-state index in [-0.39, 0.29) is 12.8 Å². The van der Waals surface area contributed by atoms with Gasteiger partial charge in [0.1, 0.15) is 9.18 Å². The molecule has 0 spiro atoms. The number of hydrogen-bond acceptors (Lipinski definition) is 9. The molecule has 0 saturated carbocycles. The van der Waals surface area contributed by atoms with Crippen molar-refractivity contribution in [3.8, 4) is 5.75 Å². The summed E-state index contributed by atoms with van der Waals surface area (Å²) in [5, 5.41) is 0.856. The highest BCUT2D eigenvalue weighted by molar-refractivity contribution is 9.12. The van der Waals surface area contributed by atoms with Gasteiger partial charge in [0.25, 0.3) is 5.01 Å². The number of nitrogens with zero attached hydrogens (tertiary/aromatic N) is 2. The number of fused-ring (bicyclic) bond motifs is 2. The molecule has 1 aliphatic heterocycles. The van der Waals surface area contributed by atoms with Gasteiger partial charge in [0.05, 0.1) is 43.6 Å². The first-order chi connectivity index (χ1) is 20.4. The Kier molecular flexibility index (Phi) is 9.89. The number of allylic oxidation sites excluding steroid dienone is 6. The molecule has 0 unspecified atom stereocenters. The lowest BCUT2D eigenvalue weighted by molar-refractivity contribution is -0.669. The third kappa shape index (κ3) is 8.40. The SMILES string of the molecule is O=S(=O)([O-])CCCCN1/C(=C/c2sc3ccc(Br)cc3[n+]2CCCCS(=O)(=O)[O-])Oc2ccc(C3=[C+]C=C(Br)C=C3)cc21. The summed E-state index contributed by atoms with van der Waals surface area (Å²) in [6.07, 6.45) is 12.3. The molecule has 0 amide bonds. The number of hydrogen-bond donors (Lipinski definition) is 0. The molecule has 43 heavy (non-hydrogen) atoms. The van der Waals surface area contributed by atoms with E-state index in [2.05, 4.69) is 42.5 Å². The van der Waals surface area contributed by atoms with Gasteiger partial charge in [-0.15, -0.1) is 0 Å². The smallest absolute Gasteiger partial charge is 0.268 e. The number of thiazole rings is 1. The molecule has 0 atom stereocenters. The van der Waals surface area contributed by atoms with Gasteiger partial charge in [-0.1, -0.05) is 27.3 Å². The minimum atomic E-state index is -4.32. The Morgan fingerprint density at radius 2 is 1.70 bits per heavy atom. The predicted octanol–water partition coefficient (Wildman–Crippen LogP) is 5.83. The van der Waals surface area contributed by atoms with Crippen molar-refractivity contribution in [1.82, 2.24) is 0 Å². The second-order valence-corrected chi connectivity index (χ2v) is 15.9. The normalized spacial score (nSPS) is 15.8. The Morgan fingerprint density at radius 3 is 2.40 bits per heavy atom. The highest BCUT2D eigenvalue weighted by Crippen LogP contribution is 2.42. The van der Waals surface area contributed by atoms with E-state index in [1.807, 2.05) is 65.6 Å². The van der Waals surface area contributed by atoms with Crippen molar-refractivity contribution in [2.45, 2.75) is 32.2 Å². The minimum Gasteiger partial charge on any atom is -0.748 e. The highest BCUT2D eigenvalue weighted by Gasteiger charge is 2.30. The van der Waals surface area contributed by atoms with Gasteiger partial charge in [0, 0.05) is 75.2 Å². The largest absolute Gasteiger partial charge is 0.748 e. The van der Waals surface area contributed by atoms with Gasteiger partial charge >= 0.3 is 0 Å². The van der Waals surface area contributed by atoms with E-state index in [1.54, 1.807) is 11.3 Å². The van der Waals surface area contributed by atoms with E-state index < -0.39 is 31.7 Å². The molecule has 226 valence electrons. The number of benzene rings is 2. The number of unbranched alkanes of at least 4 members (excludes halogenated alkanes) is 2. The molecule has 3 aromatic rings. The number of ether oxygens (including phenoxy) is 1. The second-order valence-electron chi connectivity index (χ2n) is 9.98. The van der Waals surface area contributed by atoms with Gasteiger partial charge in [-0.05, 0) is 43.5 Å². The Hall–Kier alpha value is -2.42. The Bertz CT molecular complexity index is 1900. The van der Waals surface area contributed by atoms with Crippen LogP contribution in [0.2, 0.25) is 0 Å². The van der Waals surface area contributed by atoms with E-state index >= 15 is 0 Å². The van der Waals surface area contributed by atoms with Crippen LogP contribution in [0, 0.1) is 6.08 Å². The number of aryl methyl sites for hydroxylation is 1. The van der Waals surface area contributed by atoms with E-state index in [0.29, 0.717) is 37.6 Å². The lowest BCUT2D eigenvalue weighted by Crippen LogP contribution is -2.35. The minimum absolute atomic E-state index is 0.213. The molecule has 0 saturated heterocycles. The van der Waals surface area contributed by atoms with E-state index in [1.165, 1.54) is 0 Å². The zero-order valence-electron chi connectivity index (χ0n) is 22.7. The number of anilines is 1. The molecule has 9 nitrogen and oxygen atoms in total. The fourth-order valence-electron chi connectivity index (χ4n) is 4.81. The average Bonchev–Trinajstić information content (AvgIpc) is 3.44. The summed E-state index contributed by atoms with van der Waals surface area (Å²) in [6.45, 7) is 0.905. The Morgan fingerprint density at radius 1 is 0.953 bits per heavy atom. The quantitative estimate of drug-likeness (QED) is 0.0974. The van der Waals surface area contributed by atoms with Crippen molar-refractivity contribution in [1.29, 1.82) is 0 Å². The van der Waals surface area contributed by atoms with Gasteiger partial charge in [0.15, 0.2) is 17.9 Å². The first-order valence-electron chi connectivity index (χ1n) is 13.3. The lowest BCUT2D eigenvalue weighted by atomic mass is 10.0.